The molecule has 0 amide bonds. The van der Waals surface area contributed by atoms with E-state index < -0.39 is 0 Å². The van der Waals surface area contributed by atoms with Gasteiger partial charge in [-0.2, -0.15) is 0 Å². The van der Waals surface area contributed by atoms with Crippen molar-refractivity contribution in [2.45, 2.75) is 19.3 Å². The maximum absolute atomic E-state index is 3.33. The van der Waals surface area contributed by atoms with Gasteiger partial charge in [0.05, 0.1) is 0 Å². The Morgan fingerprint density at radius 1 is 1.33 bits per heavy atom. The normalized spacial score (nSPS) is 24.0. The van der Waals surface area contributed by atoms with Crippen LogP contribution in [0.2, 0.25) is 0 Å². The van der Waals surface area contributed by atoms with E-state index in [4.69, 9.17) is 0 Å². The van der Waals surface area contributed by atoms with Gasteiger partial charge in [-0.1, -0.05) is 12.2 Å². The van der Waals surface area contributed by atoms with E-state index in [1.165, 1.54) is 25.0 Å². The second kappa shape index (κ2) is 1.90. The van der Waals surface area contributed by atoms with Gasteiger partial charge < -0.3 is 5.32 Å². The average molecular weight is 121 g/mol. The summed E-state index contributed by atoms with van der Waals surface area (Å²) in [7, 11) is 0. The third-order valence-electron chi connectivity index (χ3n) is 1.99. The third kappa shape index (κ3) is 0.766. The molecule has 0 saturated heterocycles. The zero-order chi connectivity index (χ0) is 6.10. The first kappa shape index (κ1) is 5.10. The molecule has 2 rings (SSSR count). The Morgan fingerprint density at radius 2 is 2.33 bits per heavy atom. The monoisotopic (exact) mass is 121 g/mol. The van der Waals surface area contributed by atoms with Gasteiger partial charge in [-0.3, -0.25) is 0 Å². The largest absolute Gasteiger partial charge is 0.382 e. The number of hydrogen-bond acceptors (Lipinski definition) is 1. The molecule has 0 bridgehead atoms. The SMILES string of the molecule is C1=C2CCCC=C2NC1. The van der Waals surface area contributed by atoms with Gasteiger partial charge in [0.25, 0.3) is 0 Å². The second-order valence-corrected chi connectivity index (χ2v) is 2.62. The first-order chi connectivity index (χ1) is 4.47. The maximum Gasteiger partial charge on any atom is 0.0337 e. The van der Waals surface area contributed by atoms with Gasteiger partial charge in [-0.05, 0) is 24.8 Å². The lowest BCUT2D eigenvalue weighted by Gasteiger charge is -2.10. The molecule has 0 fully saturated rings. The van der Waals surface area contributed by atoms with Crippen LogP contribution in [0.5, 0.6) is 0 Å². The summed E-state index contributed by atoms with van der Waals surface area (Å²) < 4.78 is 0. The number of nitrogens with one attached hydrogen (secondary N) is 1. The number of allylic oxidation sites excluding steroid dienone is 2. The molecule has 0 spiro atoms. The molecule has 0 aromatic rings. The van der Waals surface area contributed by atoms with Gasteiger partial charge in [0.1, 0.15) is 0 Å². The highest BCUT2D eigenvalue weighted by Crippen LogP contribution is 2.24. The van der Waals surface area contributed by atoms with Crippen molar-refractivity contribution in [3.05, 3.63) is 23.4 Å². The highest BCUT2D eigenvalue weighted by molar-refractivity contribution is 5.36. The van der Waals surface area contributed by atoms with Crippen LogP contribution in [0.1, 0.15) is 19.3 Å². The van der Waals surface area contributed by atoms with Crippen LogP contribution in [0.25, 0.3) is 0 Å². The molecule has 1 aliphatic heterocycles. The van der Waals surface area contributed by atoms with Gasteiger partial charge in [0, 0.05) is 12.2 Å². The Bertz CT molecular complexity index is 177. The Labute approximate surface area is 55.5 Å². The van der Waals surface area contributed by atoms with Gasteiger partial charge in [0.2, 0.25) is 0 Å². The zero-order valence-corrected chi connectivity index (χ0v) is 5.48. The van der Waals surface area contributed by atoms with E-state index >= 15 is 0 Å². The van der Waals surface area contributed by atoms with E-state index in [1.807, 2.05) is 0 Å². The molecule has 0 aromatic heterocycles. The van der Waals surface area contributed by atoms with Gasteiger partial charge in [-0.25, -0.2) is 0 Å². The van der Waals surface area contributed by atoms with E-state index in [9.17, 15) is 0 Å². The molecule has 0 atom stereocenters. The summed E-state index contributed by atoms with van der Waals surface area (Å²) in [4.78, 5) is 0. The molecule has 0 radical (unpaired) electrons. The molecule has 1 heteroatoms. The van der Waals surface area contributed by atoms with Crippen LogP contribution in [0.15, 0.2) is 23.4 Å². The summed E-state index contributed by atoms with van der Waals surface area (Å²) >= 11 is 0. The van der Waals surface area contributed by atoms with Crippen LogP contribution in [0.4, 0.5) is 0 Å². The first-order valence-corrected chi connectivity index (χ1v) is 3.60. The first-order valence-electron chi connectivity index (χ1n) is 3.60. The number of fused-ring (bicyclic) bond motifs is 1. The predicted octanol–water partition coefficient (Wildman–Crippen LogP) is 1.58. The fourth-order valence-electron chi connectivity index (χ4n) is 1.49. The maximum atomic E-state index is 3.33. The van der Waals surface area contributed by atoms with E-state index in [-0.39, 0.29) is 0 Å². The molecule has 1 N–H and O–H groups in total. The van der Waals surface area contributed by atoms with Crippen molar-refractivity contribution < 1.29 is 0 Å². The minimum atomic E-state index is 1.06. The fourth-order valence-corrected chi connectivity index (χ4v) is 1.49. The van der Waals surface area contributed by atoms with Crippen molar-refractivity contribution in [2.24, 2.45) is 0 Å². The van der Waals surface area contributed by atoms with Crippen LogP contribution in [0.3, 0.4) is 0 Å². The van der Waals surface area contributed by atoms with Crippen molar-refractivity contribution >= 4 is 0 Å². The molecule has 9 heavy (non-hydrogen) atoms. The Morgan fingerprint density at radius 3 is 3.22 bits per heavy atom. The highest BCUT2D eigenvalue weighted by Gasteiger charge is 2.12. The predicted molar refractivity (Wildman–Crippen MR) is 38.0 cm³/mol. The summed E-state index contributed by atoms with van der Waals surface area (Å²) in [6.45, 7) is 1.06. The average Bonchev–Trinajstić information content (AvgIpc) is 2.33. The molecule has 0 saturated carbocycles. The quantitative estimate of drug-likeness (QED) is 0.513. The van der Waals surface area contributed by atoms with Crippen molar-refractivity contribution in [2.75, 3.05) is 6.54 Å². The lowest BCUT2D eigenvalue weighted by molar-refractivity contribution is 0.785. The summed E-state index contributed by atoms with van der Waals surface area (Å²) in [5.74, 6) is 0. The molecule has 0 aromatic carbocycles. The molecule has 0 unspecified atom stereocenters. The van der Waals surface area contributed by atoms with Crippen LogP contribution in [-0.2, 0) is 0 Å². The standard InChI is InChI=1S/C8H11N/c1-2-4-8-7(3-1)5-6-9-8/h4-5,9H,1-3,6H2. The zero-order valence-electron chi connectivity index (χ0n) is 5.48. The number of rotatable bonds is 0. The minimum absolute atomic E-state index is 1.06. The Hall–Kier alpha value is -0.720. The van der Waals surface area contributed by atoms with Gasteiger partial charge in [0.15, 0.2) is 0 Å². The smallest absolute Gasteiger partial charge is 0.0337 e. The Balaban J connectivity index is 2.30. The molecule has 1 nitrogen and oxygen atoms in total. The van der Waals surface area contributed by atoms with Crippen LogP contribution in [0, 0.1) is 0 Å². The van der Waals surface area contributed by atoms with Crippen molar-refractivity contribution in [1.82, 2.24) is 5.32 Å². The summed E-state index contributed by atoms with van der Waals surface area (Å²) in [6, 6.07) is 0. The van der Waals surface area contributed by atoms with E-state index in [0.29, 0.717) is 0 Å². The van der Waals surface area contributed by atoms with E-state index in [1.54, 1.807) is 5.57 Å². The van der Waals surface area contributed by atoms with E-state index in [0.717, 1.165) is 6.54 Å². The fraction of sp³-hybridized carbons (Fsp3) is 0.500. The van der Waals surface area contributed by atoms with E-state index in [2.05, 4.69) is 17.5 Å². The molecule has 48 valence electrons. The molecule has 1 aliphatic carbocycles. The third-order valence-corrected chi connectivity index (χ3v) is 1.99. The molecular weight excluding hydrogens is 110 g/mol. The highest BCUT2D eigenvalue weighted by atomic mass is 14.9. The Kier molecular flexibility index (Phi) is 1.08. The minimum Gasteiger partial charge on any atom is -0.382 e. The van der Waals surface area contributed by atoms with Crippen molar-refractivity contribution in [3.63, 3.8) is 0 Å². The second-order valence-electron chi connectivity index (χ2n) is 2.62. The van der Waals surface area contributed by atoms with Crippen LogP contribution < -0.4 is 5.32 Å². The van der Waals surface area contributed by atoms with Crippen LogP contribution >= 0.6 is 0 Å². The summed E-state index contributed by atoms with van der Waals surface area (Å²) in [6.07, 6.45) is 8.50. The topological polar surface area (TPSA) is 12.0 Å². The lowest BCUT2D eigenvalue weighted by Crippen LogP contribution is -2.08. The van der Waals surface area contributed by atoms with Gasteiger partial charge >= 0.3 is 0 Å². The van der Waals surface area contributed by atoms with Crippen molar-refractivity contribution in [1.29, 1.82) is 0 Å². The summed E-state index contributed by atoms with van der Waals surface area (Å²) in [5.41, 5.74) is 2.95. The van der Waals surface area contributed by atoms with Crippen molar-refractivity contribution in [3.8, 4) is 0 Å². The van der Waals surface area contributed by atoms with Gasteiger partial charge in [-0.15, -0.1) is 0 Å². The molecule has 1 heterocycles. The van der Waals surface area contributed by atoms with Crippen LogP contribution in [-0.4, -0.2) is 6.54 Å². The lowest BCUT2D eigenvalue weighted by atomic mass is 10.0. The number of hydrogen-bond donors (Lipinski definition) is 1. The molecule has 2 aliphatic rings. The summed E-state index contributed by atoms with van der Waals surface area (Å²) in [5, 5.41) is 3.33. The molecular formula is C8H11N.